The van der Waals surface area contributed by atoms with Gasteiger partial charge in [0.05, 0.1) is 18.7 Å². The number of nitrogens with zero attached hydrogens (tertiary/aromatic N) is 1. The van der Waals surface area contributed by atoms with Crippen molar-refractivity contribution in [1.82, 2.24) is 0 Å². The van der Waals surface area contributed by atoms with Crippen LogP contribution in [0.4, 0.5) is 11.4 Å². The summed E-state index contributed by atoms with van der Waals surface area (Å²) in [6, 6.07) is 11.5. The Morgan fingerprint density at radius 1 is 1.14 bits per heavy atom. The van der Waals surface area contributed by atoms with Crippen LogP contribution in [0.25, 0.3) is 0 Å². The van der Waals surface area contributed by atoms with Crippen LogP contribution in [0, 0.1) is 5.92 Å². The normalized spacial score (nSPS) is 15.9. The molecule has 0 aliphatic carbocycles. The maximum atomic E-state index is 12.3. The molecule has 0 bridgehead atoms. The van der Waals surface area contributed by atoms with Gasteiger partial charge in [0.15, 0.2) is 6.61 Å². The van der Waals surface area contributed by atoms with E-state index in [-0.39, 0.29) is 18.9 Å². The lowest BCUT2D eigenvalue weighted by Crippen LogP contribution is -2.28. The second kappa shape index (κ2) is 9.15. The maximum absolute atomic E-state index is 12.3. The van der Waals surface area contributed by atoms with Gasteiger partial charge in [-0.2, -0.15) is 0 Å². The molecule has 2 aromatic carbocycles. The molecule has 1 atom stereocenters. The number of hydrogen-bond donors (Lipinski definition) is 1. The van der Waals surface area contributed by atoms with Crippen molar-refractivity contribution in [3.8, 4) is 5.75 Å². The van der Waals surface area contributed by atoms with Crippen LogP contribution in [0.5, 0.6) is 5.75 Å². The van der Waals surface area contributed by atoms with Crippen molar-refractivity contribution in [3.05, 3.63) is 52.5 Å². The van der Waals surface area contributed by atoms with Crippen molar-refractivity contribution >= 4 is 52.4 Å². The highest BCUT2D eigenvalue weighted by Crippen LogP contribution is 2.28. The number of amides is 2. The summed E-state index contributed by atoms with van der Waals surface area (Å²) in [5.74, 6) is -1.57. The molecule has 7 nitrogen and oxygen atoms in total. The van der Waals surface area contributed by atoms with Crippen molar-refractivity contribution in [3.63, 3.8) is 0 Å². The Kier molecular flexibility index (Phi) is 6.61. The van der Waals surface area contributed by atoms with Gasteiger partial charge in [-0.05, 0) is 42.5 Å². The zero-order valence-electron chi connectivity index (χ0n) is 15.5. The fourth-order valence-corrected chi connectivity index (χ4v) is 3.25. The van der Waals surface area contributed by atoms with E-state index in [4.69, 9.17) is 32.7 Å². The van der Waals surface area contributed by atoms with E-state index in [0.29, 0.717) is 27.2 Å². The Morgan fingerprint density at radius 3 is 2.52 bits per heavy atom. The monoisotopic (exact) mass is 436 g/mol. The molecule has 29 heavy (non-hydrogen) atoms. The number of anilines is 2. The van der Waals surface area contributed by atoms with E-state index >= 15 is 0 Å². The minimum Gasteiger partial charge on any atom is -0.495 e. The first-order valence-corrected chi connectivity index (χ1v) is 9.49. The van der Waals surface area contributed by atoms with E-state index < -0.39 is 24.4 Å². The minimum atomic E-state index is -0.647. The Bertz CT molecular complexity index is 933. The molecule has 2 amide bonds. The van der Waals surface area contributed by atoms with Crippen LogP contribution in [0.3, 0.4) is 0 Å². The smallest absolute Gasteiger partial charge is 0.311 e. The summed E-state index contributed by atoms with van der Waals surface area (Å²) in [5.41, 5.74) is 1.02. The Morgan fingerprint density at radius 2 is 1.83 bits per heavy atom. The first kappa shape index (κ1) is 21.0. The Labute approximate surface area is 177 Å². The third kappa shape index (κ3) is 5.19. The summed E-state index contributed by atoms with van der Waals surface area (Å²) in [6.07, 6.45) is 0.0190. The zero-order valence-corrected chi connectivity index (χ0v) is 17.0. The first-order valence-electron chi connectivity index (χ1n) is 8.73. The molecule has 9 heteroatoms. The summed E-state index contributed by atoms with van der Waals surface area (Å²) >= 11 is 11.8. The van der Waals surface area contributed by atoms with E-state index in [1.54, 1.807) is 36.4 Å². The number of carbonyl (C=O) groups excluding carboxylic acids is 3. The lowest BCUT2D eigenvalue weighted by atomic mass is 10.1. The van der Waals surface area contributed by atoms with Crippen molar-refractivity contribution in [1.29, 1.82) is 0 Å². The highest BCUT2D eigenvalue weighted by molar-refractivity contribution is 6.31. The first-order chi connectivity index (χ1) is 13.9. The summed E-state index contributed by atoms with van der Waals surface area (Å²) in [4.78, 5) is 38.2. The molecular formula is C20H18Cl2N2O5. The van der Waals surface area contributed by atoms with E-state index in [9.17, 15) is 14.4 Å². The van der Waals surface area contributed by atoms with Gasteiger partial charge >= 0.3 is 5.97 Å². The van der Waals surface area contributed by atoms with E-state index in [2.05, 4.69) is 5.32 Å². The summed E-state index contributed by atoms with van der Waals surface area (Å²) in [5, 5.41) is 3.56. The molecule has 3 rings (SSSR count). The third-order valence-corrected chi connectivity index (χ3v) is 4.86. The highest BCUT2D eigenvalue weighted by atomic mass is 35.5. The van der Waals surface area contributed by atoms with Crippen LogP contribution in [0.15, 0.2) is 42.5 Å². The van der Waals surface area contributed by atoms with Gasteiger partial charge in [0.1, 0.15) is 5.75 Å². The van der Waals surface area contributed by atoms with Gasteiger partial charge in [0, 0.05) is 28.7 Å². The van der Waals surface area contributed by atoms with Crippen LogP contribution >= 0.6 is 23.2 Å². The van der Waals surface area contributed by atoms with Crippen LogP contribution in [0.2, 0.25) is 10.0 Å². The third-order valence-electron chi connectivity index (χ3n) is 4.38. The number of esters is 1. The van der Waals surface area contributed by atoms with Gasteiger partial charge in [-0.25, -0.2) is 0 Å². The number of methoxy groups -OCH3 is 1. The topological polar surface area (TPSA) is 84.9 Å². The number of nitrogens with one attached hydrogen (secondary N) is 1. The molecule has 0 aromatic heterocycles. The number of carbonyl (C=O) groups is 3. The Balaban J connectivity index is 1.54. The molecule has 1 aliphatic rings. The average molecular weight is 437 g/mol. The predicted octanol–water partition coefficient (Wildman–Crippen LogP) is 3.54. The molecule has 0 saturated carbocycles. The largest absolute Gasteiger partial charge is 0.495 e. The fraction of sp³-hybridized carbons (Fsp3) is 0.250. The lowest BCUT2D eigenvalue weighted by molar-refractivity contribution is -0.151. The summed E-state index contributed by atoms with van der Waals surface area (Å²) in [7, 11) is 1.46. The number of ether oxygens (including phenoxy) is 2. The molecule has 0 spiro atoms. The van der Waals surface area contributed by atoms with Crippen molar-refractivity contribution in [2.45, 2.75) is 6.42 Å². The van der Waals surface area contributed by atoms with Crippen molar-refractivity contribution < 1.29 is 23.9 Å². The van der Waals surface area contributed by atoms with Gasteiger partial charge in [0.2, 0.25) is 5.91 Å². The van der Waals surface area contributed by atoms with Gasteiger partial charge in [-0.3, -0.25) is 14.4 Å². The van der Waals surface area contributed by atoms with E-state index in [0.717, 1.165) is 0 Å². The molecule has 1 N–H and O–H groups in total. The molecule has 152 valence electrons. The standard InChI is InChI=1S/C20H18Cl2N2O5/c1-28-17-7-4-14(22)9-16(17)23-18(25)11-29-20(27)12-8-19(26)24(10-12)15-5-2-13(21)3-6-15/h2-7,9,12H,8,10-11H2,1H3,(H,23,25)/t12-/m0/s1. The van der Waals surface area contributed by atoms with E-state index in [1.807, 2.05) is 0 Å². The van der Waals surface area contributed by atoms with E-state index in [1.165, 1.54) is 18.1 Å². The van der Waals surface area contributed by atoms with Crippen molar-refractivity contribution in [2.24, 2.45) is 5.92 Å². The number of halogens is 2. The SMILES string of the molecule is COc1ccc(Cl)cc1NC(=O)COC(=O)[C@H]1CC(=O)N(c2ccc(Cl)cc2)C1. The van der Waals surface area contributed by atoms with Crippen molar-refractivity contribution in [2.75, 3.05) is 30.5 Å². The molecular weight excluding hydrogens is 419 g/mol. The van der Waals surface area contributed by atoms with Gasteiger partial charge in [-0.1, -0.05) is 23.2 Å². The minimum absolute atomic E-state index is 0.0190. The number of benzene rings is 2. The summed E-state index contributed by atoms with van der Waals surface area (Å²) in [6.45, 7) is -0.302. The second-order valence-corrected chi connectivity index (χ2v) is 7.26. The average Bonchev–Trinajstić information content (AvgIpc) is 3.09. The molecule has 0 unspecified atom stereocenters. The second-order valence-electron chi connectivity index (χ2n) is 6.38. The molecule has 0 radical (unpaired) electrons. The number of rotatable bonds is 6. The van der Waals surface area contributed by atoms with Crippen LogP contribution in [-0.4, -0.2) is 38.0 Å². The molecule has 1 fully saturated rings. The molecule has 1 saturated heterocycles. The van der Waals surface area contributed by atoms with Crippen LogP contribution < -0.4 is 15.0 Å². The van der Waals surface area contributed by atoms with Crippen LogP contribution in [-0.2, 0) is 19.1 Å². The maximum Gasteiger partial charge on any atom is 0.311 e. The van der Waals surface area contributed by atoms with Gasteiger partial charge < -0.3 is 19.7 Å². The zero-order chi connectivity index (χ0) is 21.0. The van der Waals surface area contributed by atoms with Gasteiger partial charge in [0.25, 0.3) is 5.91 Å². The summed E-state index contributed by atoms with van der Waals surface area (Å²) < 4.78 is 10.2. The van der Waals surface area contributed by atoms with Gasteiger partial charge in [-0.15, -0.1) is 0 Å². The Hall–Kier alpha value is -2.77. The molecule has 1 heterocycles. The fourth-order valence-electron chi connectivity index (χ4n) is 2.95. The quantitative estimate of drug-likeness (QED) is 0.699. The predicted molar refractivity (Wildman–Crippen MR) is 110 cm³/mol. The molecule has 1 aliphatic heterocycles. The lowest BCUT2D eigenvalue weighted by Gasteiger charge is -2.16. The molecule has 2 aromatic rings. The number of hydrogen-bond acceptors (Lipinski definition) is 5. The van der Waals surface area contributed by atoms with Crippen LogP contribution in [0.1, 0.15) is 6.42 Å². The highest BCUT2D eigenvalue weighted by Gasteiger charge is 2.36.